The molecule has 0 aromatic heterocycles. The van der Waals surface area contributed by atoms with Crippen molar-refractivity contribution in [2.45, 2.75) is 52.9 Å². The largest absolute Gasteiger partial charge is 0.374 e. The third kappa shape index (κ3) is 5.33. The summed E-state index contributed by atoms with van der Waals surface area (Å²) in [4.78, 5) is 0. The second-order valence-electron chi connectivity index (χ2n) is 4.48. The van der Waals surface area contributed by atoms with E-state index >= 15 is 0 Å². The van der Waals surface area contributed by atoms with Gasteiger partial charge in [-0.15, -0.1) is 0 Å². The van der Waals surface area contributed by atoms with Crippen LogP contribution in [0.3, 0.4) is 0 Å². The van der Waals surface area contributed by atoms with Crippen molar-refractivity contribution in [3.05, 3.63) is 35.4 Å². The zero-order valence-corrected chi connectivity index (χ0v) is 11.3. The fraction of sp³-hybridized carbons (Fsp3) is 0.600. The van der Waals surface area contributed by atoms with Crippen molar-refractivity contribution >= 4 is 0 Å². The Labute approximate surface area is 105 Å². The first-order chi connectivity index (χ1) is 8.27. The van der Waals surface area contributed by atoms with Crippen molar-refractivity contribution in [3.8, 4) is 0 Å². The Hall–Kier alpha value is -0.860. The Kier molecular flexibility index (Phi) is 6.90. The minimum atomic E-state index is 0.339. The summed E-state index contributed by atoms with van der Waals surface area (Å²) >= 11 is 0. The zero-order valence-electron chi connectivity index (χ0n) is 11.3. The molecule has 0 saturated heterocycles. The van der Waals surface area contributed by atoms with Crippen molar-refractivity contribution in [1.29, 1.82) is 0 Å². The normalized spacial score (nSPS) is 12.6. The maximum absolute atomic E-state index is 5.80. The Morgan fingerprint density at radius 1 is 1.18 bits per heavy atom. The fourth-order valence-corrected chi connectivity index (χ4v) is 1.62. The molecule has 0 fully saturated rings. The summed E-state index contributed by atoms with van der Waals surface area (Å²) in [5.74, 6) is 0. The topological polar surface area (TPSA) is 21.3 Å². The summed E-state index contributed by atoms with van der Waals surface area (Å²) in [5, 5.41) is 3.44. The molecule has 0 amide bonds. The van der Waals surface area contributed by atoms with Crippen LogP contribution in [-0.2, 0) is 17.9 Å². The summed E-state index contributed by atoms with van der Waals surface area (Å²) in [6.07, 6.45) is 2.58. The molecule has 1 unspecified atom stereocenters. The van der Waals surface area contributed by atoms with Gasteiger partial charge in [0.2, 0.25) is 0 Å². The third-order valence-electron chi connectivity index (χ3n) is 2.96. The quantitative estimate of drug-likeness (QED) is 0.696. The molecule has 0 bridgehead atoms. The number of nitrogens with one attached hydrogen (secondary N) is 1. The highest BCUT2D eigenvalue weighted by atomic mass is 16.5. The van der Waals surface area contributed by atoms with Gasteiger partial charge in [-0.2, -0.15) is 0 Å². The molecule has 17 heavy (non-hydrogen) atoms. The minimum Gasteiger partial charge on any atom is -0.374 e. The molecule has 0 aliphatic heterocycles. The molecule has 2 heteroatoms. The lowest BCUT2D eigenvalue weighted by Gasteiger charge is -2.14. The standard InChI is InChI=1S/C15H25NO/c1-4-10-16-11-14-8-6-7-9-15(14)12-17-13(3)5-2/h6-9,13,16H,4-5,10-12H2,1-3H3. The molecule has 0 radical (unpaired) electrons. The van der Waals surface area contributed by atoms with Gasteiger partial charge in [-0.25, -0.2) is 0 Å². The van der Waals surface area contributed by atoms with E-state index in [1.807, 2.05) is 0 Å². The van der Waals surface area contributed by atoms with E-state index in [2.05, 4.69) is 50.4 Å². The highest BCUT2D eigenvalue weighted by Gasteiger charge is 2.04. The Balaban J connectivity index is 2.51. The Morgan fingerprint density at radius 3 is 2.53 bits per heavy atom. The molecule has 1 N–H and O–H groups in total. The number of hydrogen-bond acceptors (Lipinski definition) is 2. The molecule has 0 aliphatic carbocycles. The van der Waals surface area contributed by atoms with Gasteiger partial charge in [-0.3, -0.25) is 0 Å². The van der Waals surface area contributed by atoms with Gasteiger partial charge >= 0.3 is 0 Å². The van der Waals surface area contributed by atoms with Crippen molar-refractivity contribution in [1.82, 2.24) is 5.32 Å². The molecule has 1 rings (SSSR count). The summed E-state index contributed by atoms with van der Waals surface area (Å²) in [5.41, 5.74) is 2.65. The second-order valence-corrected chi connectivity index (χ2v) is 4.48. The Morgan fingerprint density at radius 2 is 1.88 bits per heavy atom. The van der Waals surface area contributed by atoms with Crippen LogP contribution in [0.2, 0.25) is 0 Å². The van der Waals surface area contributed by atoms with Crippen LogP contribution in [-0.4, -0.2) is 12.6 Å². The van der Waals surface area contributed by atoms with Gasteiger partial charge in [0.25, 0.3) is 0 Å². The molecule has 1 aromatic rings. The van der Waals surface area contributed by atoms with Gasteiger partial charge in [0, 0.05) is 6.54 Å². The van der Waals surface area contributed by atoms with Crippen molar-refractivity contribution in [3.63, 3.8) is 0 Å². The second kappa shape index (κ2) is 8.26. The molecule has 0 saturated carbocycles. The molecule has 2 nitrogen and oxygen atoms in total. The van der Waals surface area contributed by atoms with Crippen LogP contribution < -0.4 is 5.32 Å². The predicted molar refractivity (Wildman–Crippen MR) is 73.0 cm³/mol. The first-order valence-electron chi connectivity index (χ1n) is 6.67. The van der Waals surface area contributed by atoms with Crippen LogP contribution in [0.1, 0.15) is 44.7 Å². The minimum absolute atomic E-state index is 0.339. The van der Waals surface area contributed by atoms with E-state index in [4.69, 9.17) is 4.74 Å². The van der Waals surface area contributed by atoms with Crippen molar-refractivity contribution in [2.75, 3.05) is 6.54 Å². The Bertz CT molecular complexity index is 312. The van der Waals surface area contributed by atoms with E-state index in [1.54, 1.807) is 0 Å². The zero-order chi connectivity index (χ0) is 12.5. The van der Waals surface area contributed by atoms with E-state index in [1.165, 1.54) is 17.5 Å². The van der Waals surface area contributed by atoms with Crippen molar-refractivity contribution in [2.24, 2.45) is 0 Å². The van der Waals surface area contributed by atoms with Gasteiger partial charge in [-0.05, 0) is 37.4 Å². The van der Waals surface area contributed by atoms with Crippen LogP contribution >= 0.6 is 0 Å². The fourth-order valence-electron chi connectivity index (χ4n) is 1.62. The average Bonchev–Trinajstić information content (AvgIpc) is 2.37. The van der Waals surface area contributed by atoms with Crippen molar-refractivity contribution < 1.29 is 4.74 Å². The third-order valence-corrected chi connectivity index (χ3v) is 2.96. The van der Waals surface area contributed by atoms with Gasteiger partial charge < -0.3 is 10.1 Å². The maximum Gasteiger partial charge on any atom is 0.0723 e. The van der Waals surface area contributed by atoms with Gasteiger partial charge in [-0.1, -0.05) is 38.1 Å². The number of rotatable bonds is 8. The van der Waals surface area contributed by atoms with Gasteiger partial charge in [0.15, 0.2) is 0 Å². The van der Waals surface area contributed by atoms with Crippen LogP contribution in [0.15, 0.2) is 24.3 Å². The average molecular weight is 235 g/mol. The highest BCUT2D eigenvalue weighted by molar-refractivity contribution is 5.26. The van der Waals surface area contributed by atoms with Gasteiger partial charge in [0.05, 0.1) is 12.7 Å². The lowest BCUT2D eigenvalue weighted by atomic mass is 10.1. The monoisotopic (exact) mass is 235 g/mol. The predicted octanol–water partition coefficient (Wildman–Crippen LogP) is 3.50. The molecular formula is C15H25NO. The maximum atomic E-state index is 5.80. The van der Waals surface area contributed by atoms with Gasteiger partial charge in [0.1, 0.15) is 0 Å². The van der Waals surface area contributed by atoms with E-state index in [0.29, 0.717) is 6.10 Å². The first-order valence-corrected chi connectivity index (χ1v) is 6.67. The smallest absolute Gasteiger partial charge is 0.0723 e. The lowest BCUT2D eigenvalue weighted by molar-refractivity contribution is 0.0504. The van der Waals surface area contributed by atoms with Crippen LogP contribution in [0.5, 0.6) is 0 Å². The van der Waals surface area contributed by atoms with E-state index in [0.717, 1.165) is 26.1 Å². The summed E-state index contributed by atoms with van der Waals surface area (Å²) in [7, 11) is 0. The van der Waals surface area contributed by atoms with Crippen LogP contribution in [0, 0.1) is 0 Å². The molecule has 96 valence electrons. The molecule has 0 heterocycles. The van der Waals surface area contributed by atoms with Crippen LogP contribution in [0.4, 0.5) is 0 Å². The molecule has 1 atom stereocenters. The number of hydrogen-bond donors (Lipinski definition) is 1. The summed E-state index contributed by atoms with van der Waals surface area (Å²) in [6, 6.07) is 8.51. The lowest BCUT2D eigenvalue weighted by Crippen LogP contribution is -2.16. The molecule has 0 aliphatic rings. The molecular weight excluding hydrogens is 210 g/mol. The van der Waals surface area contributed by atoms with Crippen LogP contribution in [0.25, 0.3) is 0 Å². The molecule has 1 aromatic carbocycles. The molecule has 0 spiro atoms. The first kappa shape index (κ1) is 14.2. The summed E-state index contributed by atoms with van der Waals surface area (Å²) in [6.45, 7) is 9.19. The number of ether oxygens (including phenoxy) is 1. The summed E-state index contributed by atoms with van der Waals surface area (Å²) < 4.78 is 5.80. The van der Waals surface area contributed by atoms with E-state index in [9.17, 15) is 0 Å². The number of benzene rings is 1. The van der Waals surface area contributed by atoms with E-state index < -0.39 is 0 Å². The SMILES string of the molecule is CCCNCc1ccccc1COC(C)CC. The highest BCUT2D eigenvalue weighted by Crippen LogP contribution is 2.11. The van der Waals surface area contributed by atoms with E-state index in [-0.39, 0.29) is 0 Å².